The van der Waals surface area contributed by atoms with Gasteiger partial charge in [-0.3, -0.25) is 4.79 Å². The first-order valence-electron chi connectivity index (χ1n) is 9.53. The van der Waals surface area contributed by atoms with E-state index in [4.69, 9.17) is 18.9 Å². The number of methoxy groups -OCH3 is 2. The average Bonchev–Trinajstić information content (AvgIpc) is 3.24. The fraction of sp³-hybridized carbons (Fsp3) is 0.409. The average molecular weight is 385 g/mol. The molecule has 6 heteroatoms. The standard InChI is InChI=1S/C22H27NO5/c1-25-20-10-8-16(13-21(20)26-2)9-11-22(24)23-17-5-3-6-18(14-17)28-15-19-7-4-12-27-19/h3,5-6,8,10,13-14,19H,4,7,9,11-12,15H2,1-2H3,(H,23,24). The largest absolute Gasteiger partial charge is 0.493 e. The molecule has 0 aliphatic carbocycles. The molecule has 2 aromatic rings. The van der Waals surface area contributed by atoms with Crippen LogP contribution in [0.2, 0.25) is 0 Å². The van der Waals surface area contributed by atoms with E-state index < -0.39 is 0 Å². The summed E-state index contributed by atoms with van der Waals surface area (Å²) in [6.45, 7) is 1.35. The van der Waals surface area contributed by atoms with Crippen LogP contribution in [0.3, 0.4) is 0 Å². The Bertz CT molecular complexity index is 786. The van der Waals surface area contributed by atoms with Crippen LogP contribution in [-0.2, 0) is 16.0 Å². The Balaban J connectivity index is 1.49. The van der Waals surface area contributed by atoms with E-state index in [1.165, 1.54) is 0 Å². The Labute approximate surface area is 165 Å². The maximum atomic E-state index is 12.3. The van der Waals surface area contributed by atoms with Gasteiger partial charge in [-0.25, -0.2) is 0 Å². The number of hydrogen-bond acceptors (Lipinski definition) is 5. The van der Waals surface area contributed by atoms with Crippen molar-refractivity contribution >= 4 is 11.6 Å². The molecule has 1 aliphatic heterocycles. The molecule has 0 bridgehead atoms. The number of benzene rings is 2. The first kappa shape index (κ1) is 20.0. The number of aryl methyl sites for hydroxylation is 1. The first-order chi connectivity index (χ1) is 13.7. The predicted octanol–water partition coefficient (Wildman–Crippen LogP) is 3.83. The van der Waals surface area contributed by atoms with Crippen molar-refractivity contribution in [3.05, 3.63) is 48.0 Å². The van der Waals surface area contributed by atoms with Gasteiger partial charge in [0.05, 0.1) is 20.3 Å². The zero-order valence-electron chi connectivity index (χ0n) is 16.4. The highest BCUT2D eigenvalue weighted by atomic mass is 16.5. The molecule has 1 saturated heterocycles. The van der Waals surface area contributed by atoms with Crippen LogP contribution in [0.25, 0.3) is 0 Å². The van der Waals surface area contributed by atoms with Crippen molar-refractivity contribution in [3.63, 3.8) is 0 Å². The second-order valence-electron chi connectivity index (χ2n) is 6.71. The van der Waals surface area contributed by atoms with Crippen LogP contribution in [0.4, 0.5) is 5.69 Å². The summed E-state index contributed by atoms with van der Waals surface area (Å²) in [5, 5.41) is 2.93. The molecular weight excluding hydrogens is 358 g/mol. The number of carbonyl (C=O) groups excluding carboxylic acids is 1. The zero-order chi connectivity index (χ0) is 19.8. The molecule has 0 aromatic heterocycles. The minimum atomic E-state index is -0.0499. The number of amides is 1. The molecular formula is C22H27NO5. The Kier molecular flexibility index (Phi) is 7.14. The van der Waals surface area contributed by atoms with E-state index >= 15 is 0 Å². The molecule has 0 radical (unpaired) electrons. The van der Waals surface area contributed by atoms with Crippen LogP contribution >= 0.6 is 0 Å². The van der Waals surface area contributed by atoms with E-state index in [1.807, 2.05) is 42.5 Å². The molecule has 1 fully saturated rings. The van der Waals surface area contributed by atoms with Gasteiger partial charge in [0.15, 0.2) is 11.5 Å². The number of carbonyl (C=O) groups is 1. The Hall–Kier alpha value is -2.73. The molecule has 6 nitrogen and oxygen atoms in total. The lowest BCUT2D eigenvalue weighted by Gasteiger charge is -2.13. The van der Waals surface area contributed by atoms with Crippen LogP contribution < -0.4 is 19.5 Å². The van der Waals surface area contributed by atoms with Gasteiger partial charge in [0.2, 0.25) is 5.91 Å². The van der Waals surface area contributed by atoms with E-state index in [0.29, 0.717) is 30.9 Å². The summed E-state index contributed by atoms with van der Waals surface area (Å²) in [6.07, 6.45) is 3.27. The second-order valence-corrected chi connectivity index (χ2v) is 6.71. The van der Waals surface area contributed by atoms with Crippen LogP contribution in [0.15, 0.2) is 42.5 Å². The van der Waals surface area contributed by atoms with Gasteiger partial charge >= 0.3 is 0 Å². The van der Waals surface area contributed by atoms with Crippen molar-refractivity contribution in [2.24, 2.45) is 0 Å². The third kappa shape index (κ3) is 5.63. The van der Waals surface area contributed by atoms with Gasteiger partial charge in [-0.15, -0.1) is 0 Å². The number of anilines is 1. The van der Waals surface area contributed by atoms with Gasteiger partial charge in [0.25, 0.3) is 0 Å². The number of hydrogen-bond donors (Lipinski definition) is 1. The SMILES string of the molecule is COc1ccc(CCC(=O)Nc2cccc(OCC3CCCO3)c2)cc1OC. The molecule has 1 heterocycles. The van der Waals surface area contributed by atoms with Crippen molar-refractivity contribution in [2.45, 2.75) is 31.8 Å². The van der Waals surface area contributed by atoms with Gasteiger partial charge in [0.1, 0.15) is 12.4 Å². The highest BCUT2D eigenvalue weighted by Crippen LogP contribution is 2.28. The number of nitrogens with one attached hydrogen (secondary N) is 1. The van der Waals surface area contributed by atoms with Gasteiger partial charge in [-0.05, 0) is 49.1 Å². The van der Waals surface area contributed by atoms with Crippen LogP contribution in [0.5, 0.6) is 17.2 Å². The first-order valence-corrected chi connectivity index (χ1v) is 9.53. The van der Waals surface area contributed by atoms with E-state index in [-0.39, 0.29) is 12.0 Å². The normalized spacial score (nSPS) is 15.9. The summed E-state index contributed by atoms with van der Waals surface area (Å²) in [4.78, 5) is 12.3. The summed E-state index contributed by atoms with van der Waals surface area (Å²) in [6, 6.07) is 13.1. The highest BCUT2D eigenvalue weighted by molar-refractivity contribution is 5.91. The van der Waals surface area contributed by atoms with Gasteiger partial charge in [0, 0.05) is 24.8 Å². The molecule has 2 aromatic carbocycles. The Morgan fingerprint density at radius 3 is 2.75 bits per heavy atom. The second kappa shape index (κ2) is 9.99. The molecule has 1 aliphatic rings. The molecule has 1 amide bonds. The topological polar surface area (TPSA) is 66.0 Å². The minimum Gasteiger partial charge on any atom is -0.493 e. The molecule has 1 N–H and O–H groups in total. The van der Waals surface area contributed by atoms with Crippen molar-refractivity contribution in [1.82, 2.24) is 0 Å². The number of ether oxygens (including phenoxy) is 4. The van der Waals surface area contributed by atoms with E-state index in [2.05, 4.69) is 5.32 Å². The molecule has 0 spiro atoms. The van der Waals surface area contributed by atoms with Crippen molar-refractivity contribution in [1.29, 1.82) is 0 Å². The lowest BCUT2D eigenvalue weighted by atomic mass is 10.1. The highest BCUT2D eigenvalue weighted by Gasteiger charge is 2.16. The Morgan fingerprint density at radius 1 is 1.14 bits per heavy atom. The molecule has 28 heavy (non-hydrogen) atoms. The van der Waals surface area contributed by atoms with Crippen LogP contribution in [-0.4, -0.2) is 39.4 Å². The summed E-state index contributed by atoms with van der Waals surface area (Å²) in [5.41, 5.74) is 1.74. The van der Waals surface area contributed by atoms with Crippen LogP contribution in [0, 0.1) is 0 Å². The lowest BCUT2D eigenvalue weighted by Crippen LogP contribution is -2.16. The fourth-order valence-corrected chi connectivity index (χ4v) is 3.15. The van der Waals surface area contributed by atoms with E-state index in [0.717, 1.165) is 36.4 Å². The lowest BCUT2D eigenvalue weighted by molar-refractivity contribution is -0.116. The van der Waals surface area contributed by atoms with Crippen molar-refractivity contribution < 1.29 is 23.7 Å². The van der Waals surface area contributed by atoms with E-state index in [1.54, 1.807) is 14.2 Å². The monoisotopic (exact) mass is 385 g/mol. The third-order valence-electron chi connectivity index (χ3n) is 4.67. The van der Waals surface area contributed by atoms with Crippen LogP contribution in [0.1, 0.15) is 24.8 Å². The summed E-state index contributed by atoms with van der Waals surface area (Å²) in [7, 11) is 3.20. The quantitative estimate of drug-likeness (QED) is 0.711. The Morgan fingerprint density at radius 2 is 2.00 bits per heavy atom. The summed E-state index contributed by atoms with van der Waals surface area (Å²) in [5.74, 6) is 2.02. The molecule has 1 unspecified atom stereocenters. The maximum Gasteiger partial charge on any atom is 0.224 e. The molecule has 0 saturated carbocycles. The van der Waals surface area contributed by atoms with Gasteiger partial charge in [-0.2, -0.15) is 0 Å². The molecule has 3 rings (SSSR count). The molecule has 150 valence electrons. The van der Waals surface area contributed by atoms with Gasteiger partial charge < -0.3 is 24.3 Å². The predicted molar refractivity (Wildman–Crippen MR) is 107 cm³/mol. The third-order valence-corrected chi connectivity index (χ3v) is 4.67. The fourth-order valence-electron chi connectivity index (χ4n) is 3.15. The smallest absolute Gasteiger partial charge is 0.224 e. The van der Waals surface area contributed by atoms with E-state index in [9.17, 15) is 4.79 Å². The minimum absolute atomic E-state index is 0.0499. The zero-order valence-corrected chi connectivity index (χ0v) is 16.4. The maximum absolute atomic E-state index is 12.3. The summed E-state index contributed by atoms with van der Waals surface area (Å²) >= 11 is 0. The van der Waals surface area contributed by atoms with Crippen molar-refractivity contribution in [3.8, 4) is 17.2 Å². The molecule has 1 atom stereocenters. The summed E-state index contributed by atoms with van der Waals surface area (Å²) < 4.78 is 21.9. The van der Waals surface area contributed by atoms with Gasteiger partial charge in [-0.1, -0.05) is 12.1 Å². The van der Waals surface area contributed by atoms with Crippen molar-refractivity contribution in [2.75, 3.05) is 32.8 Å². The number of rotatable bonds is 9.